The first kappa shape index (κ1) is 16.2. The minimum absolute atomic E-state index is 0.685. The Labute approximate surface area is 141 Å². The first-order valence-electron chi connectivity index (χ1n) is 7.74. The second-order valence-corrected chi connectivity index (χ2v) is 5.41. The van der Waals surface area contributed by atoms with E-state index in [0.29, 0.717) is 17.2 Å². The number of aliphatic imine (C=N–C) groups is 1. The first-order chi connectivity index (χ1) is 11.7. The molecule has 0 spiro atoms. The molecule has 0 atom stereocenters. The lowest BCUT2D eigenvalue weighted by molar-refractivity contribution is 0.354. The Morgan fingerprint density at radius 3 is 2.04 bits per heavy atom. The van der Waals surface area contributed by atoms with Gasteiger partial charge in [-0.05, 0) is 42.3 Å². The van der Waals surface area contributed by atoms with Gasteiger partial charge < -0.3 is 18.9 Å². The van der Waals surface area contributed by atoms with Gasteiger partial charge in [-0.25, -0.2) is 0 Å². The van der Waals surface area contributed by atoms with E-state index >= 15 is 0 Å². The van der Waals surface area contributed by atoms with Crippen molar-refractivity contribution in [3.63, 3.8) is 0 Å². The van der Waals surface area contributed by atoms with Crippen LogP contribution in [0.3, 0.4) is 0 Å². The second-order valence-electron chi connectivity index (χ2n) is 5.41. The first-order valence-corrected chi connectivity index (χ1v) is 7.74. The van der Waals surface area contributed by atoms with Gasteiger partial charge in [0.15, 0.2) is 23.0 Å². The van der Waals surface area contributed by atoms with Crippen LogP contribution in [0.4, 0.5) is 0 Å². The van der Waals surface area contributed by atoms with E-state index < -0.39 is 0 Å². The molecule has 126 valence electrons. The van der Waals surface area contributed by atoms with Gasteiger partial charge in [0.2, 0.25) is 0 Å². The summed E-state index contributed by atoms with van der Waals surface area (Å²) in [6.45, 7) is 0.742. The normalized spacial score (nSPS) is 12.9. The van der Waals surface area contributed by atoms with E-state index in [9.17, 15) is 0 Å². The zero-order valence-corrected chi connectivity index (χ0v) is 14.4. The molecular weight excluding hydrogens is 306 g/mol. The molecule has 5 nitrogen and oxygen atoms in total. The van der Waals surface area contributed by atoms with E-state index in [0.717, 1.165) is 35.6 Å². The van der Waals surface area contributed by atoms with Crippen LogP contribution in [0.5, 0.6) is 23.0 Å². The van der Waals surface area contributed by atoms with Gasteiger partial charge in [0.1, 0.15) is 0 Å². The number of fused-ring (bicyclic) bond motifs is 1. The van der Waals surface area contributed by atoms with Crippen molar-refractivity contribution in [2.24, 2.45) is 4.99 Å². The molecule has 1 heterocycles. The topological polar surface area (TPSA) is 49.3 Å². The van der Waals surface area contributed by atoms with Gasteiger partial charge in [-0.3, -0.25) is 4.99 Å². The van der Waals surface area contributed by atoms with Gasteiger partial charge in [0.25, 0.3) is 0 Å². The van der Waals surface area contributed by atoms with Crippen LogP contribution >= 0.6 is 0 Å². The summed E-state index contributed by atoms with van der Waals surface area (Å²) in [5.74, 6) is 2.83. The quantitative estimate of drug-likeness (QED) is 0.847. The molecular formula is C19H21NO4. The van der Waals surface area contributed by atoms with E-state index in [2.05, 4.69) is 0 Å². The third-order valence-electron chi connectivity index (χ3n) is 4.17. The highest BCUT2D eigenvalue weighted by Gasteiger charge is 2.20. The summed E-state index contributed by atoms with van der Waals surface area (Å²) >= 11 is 0. The molecule has 5 heteroatoms. The molecule has 0 saturated carbocycles. The maximum atomic E-state index is 5.44. The Balaban J connectivity index is 2.10. The van der Waals surface area contributed by atoms with Crippen LogP contribution in [0.1, 0.15) is 16.7 Å². The summed E-state index contributed by atoms with van der Waals surface area (Å²) in [5.41, 5.74) is 4.18. The largest absolute Gasteiger partial charge is 0.493 e. The highest BCUT2D eigenvalue weighted by molar-refractivity contribution is 6.14. The molecule has 0 bridgehead atoms. The fourth-order valence-corrected chi connectivity index (χ4v) is 2.95. The molecule has 0 aliphatic carbocycles. The molecule has 2 aromatic rings. The van der Waals surface area contributed by atoms with Crippen LogP contribution in [0.2, 0.25) is 0 Å². The summed E-state index contributed by atoms with van der Waals surface area (Å²) in [4.78, 5) is 4.73. The van der Waals surface area contributed by atoms with Gasteiger partial charge in [-0.1, -0.05) is 0 Å². The Morgan fingerprint density at radius 2 is 1.38 bits per heavy atom. The maximum absolute atomic E-state index is 5.44. The van der Waals surface area contributed by atoms with Crippen molar-refractivity contribution < 1.29 is 18.9 Å². The molecule has 1 aliphatic heterocycles. The molecule has 2 aromatic carbocycles. The van der Waals surface area contributed by atoms with Crippen LogP contribution in [-0.4, -0.2) is 40.7 Å². The number of methoxy groups -OCH3 is 4. The minimum atomic E-state index is 0.685. The summed E-state index contributed by atoms with van der Waals surface area (Å²) in [6, 6.07) is 9.85. The van der Waals surface area contributed by atoms with Crippen LogP contribution in [-0.2, 0) is 6.42 Å². The van der Waals surface area contributed by atoms with Crippen molar-refractivity contribution in [2.75, 3.05) is 35.0 Å². The highest BCUT2D eigenvalue weighted by Crippen LogP contribution is 2.35. The van der Waals surface area contributed by atoms with E-state index in [1.807, 2.05) is 30.3 Å². The number of hydrogen-bond acceptors (Lipinski definition) is 5. The van der Waals surface area contributed by atoms with Crippen molar-refractivity contribution in [3.8, 4) is 23.0 Å². The Bertz CT molecular complexity index is 783. The van der Waals surface area contributed by atoms with Crippen molar-refractivity contribution in [1.29, 1.82) is 0 Å². The summed E-state index contributed by atoms with van der Waals surface area (Å²) in [6.07, 6.45) is 0.881. The fourth-order valence-electron chi connectivity index (χ4n) is 2.95. The third kappa shape index (κ3) is 2.77. The van der Waals surface area contributed by atoms with E-state index in [-0.39, 0.29) is 0 Å². The minimum Gasteiger partial charge on any atom is -0.493 e. The molecule has 1 aliphatic rings. The van der Waals surface area contributed by atoms with Gasteiger partial charge in [0, 0.05) is 17.7 Å². The average Bonchev–Trinajstić information content (AvgIpc) is 2.65. The van der Waals surface area contributed by atoms with Crippen molar-refractivity contribution in [3.05, 3.63) is 47.0 Å². The molecule has 0 aromatic heterocycles. The lowest BCUT2D eigenvalue weighted by atomic mass is 9.92. The summed E-state index contributed by atoms with van der Waals surface area (Å²) in [7, 11) is 6.55. The predicted octanol–water partition coefficient (Wildman–Crippen LogP) is 3.11. The van der Waals surface area contributed by atoms with Crippen LogP contribution in [0, 0.1) is 0 Å². The molecule has 0 amide bonds. The van der Waals surface area contributed by atoms with Crippen LogP contribution in [0.25, 0.3) is 0 Å². The number of rotatable bonds is 5. The Morgan fingerprint density at radius 1 is 0.750 bits per heavy atom. The molecule has 0 saturated heterocycles. The van der Waals surface area contributed by atoms with E-state index in [1.165, 1.54) is 5.56 Å². The second kappa shape index (κ2) is 6.83. The smallest absolute Gasteiger partial charge is 0.161 e. The van der Waals surface area contributed by atoms with Crippen LogP contribution in [0.15, 0.2) is 35.3 Å². The molecule has 0 radical (unpaired) electrons. The average molecular weight is 327 g/mol. The summed E-state index contributed by atoms with van der Waals surface area (Å²) < 4.78 is 21.6. The van der Waals surface area contributed by atoms with Gasteiger partial charge in [-0.15, -0.1) is 0 Å². The third-order valence-corrected chi connectivity index (χ3v) is 4.17. The number of ether oxygens (including phenoxy) is 4. The molecule has 0 N–H and O–H groups in total. The van der Waals surface area contributed by atoms with Gasteiger partial charge >= 0.3 is 0 Å². The zero-order chi connectivity index (χ0) is 17.1. The van der Waals surface area contributed by atoms with Gasteiger partial charge in [-0.2, -0.15) is 0 Å². The number of nitrogens with zero attached hydrogens (tertiary/aromatic N) is 1. The lowest BCUT2D eigenvalue weighted by Gasteiger charge is -2.20. The Kier molecular flexibility index (Phi) is 4.60. The monoisotopic (exact) mass is 327 g/mol. The van der Waals surface area contributed by atoms with Crippen LogP contribution < -0.4 is 18.9 Å². The van der Waals surface area contributed by atoms with Crippen molar-refractivity contribution >= 4 is 5.71 Å². The van der Waals surface area contributed by atoms with E-state index in [4.69, 9.17) is 23.9 Å². The molecule has 24 heavy (non-hydrogen) atoms. The van der Waals surface area contributed by atoms with Gasteiger partial charge in [0.05, 0.1) is 34.2 Å². The lowest BCUT2D eigenvalue weighted by Crippen LogP contribution is -2.15. The Hall–Kier alpha value is -2.69. The molecule has 0 unspecified atom stereocenters. The number of benzene rings is 2. The highest BCUT2D eigenvalue weighted by atomic mass is 16.5. The van der Waals surface area contributed by atoms with Crippen molar-refractivity contribution in [2.45, 2.75) is 6.42 Å². The summed E-state index contributed by atoms with van der Waals surface area (Å²) in [5, 5.41) is 0. The predicted molar refractivity (Wildman–Crippen MR) is 93.3 cm³/mol. The fraction of sp³-hybridized carbons (Fsp3) is 0.316. The standard InChI is InChI=1S/C19H21NO4/c1-21-15-6-5-13(10-16(15)22-2)19-14-11-18(24-4)17(23-3)9-12(14)7-8-20-19/h5-6,9-11H,7-8H2,1-4H3. The van der Waals surface area contributed by atoms with Crippen molar-refractivity contribution in [1.82, 2.24) is 0 Å². The maximum Gasteiger partial charge on any atom is 0.161 e. The zero-order valence-electron chi connectivity index (χ0n) is 14.4. The SMILES string of the molecule is COc1ccc(C2=NCCc3cc(OC)c(OC)cc32)cc1OC. The molecule has 0 fully saturated rings. The molecule has 3 rings (SSSR count). The number of hydrogen-bond donors (Lipinski definition) is 0. The van der Waals surface area contributed by atoms with E-state index in [1.54, 1.807) is 28.4 Å².